The Morgan fingerprint density at radius 2 is 1.90 bits per heavy atom. The highest BCUT2D eigenvalue weighted by Crippen LogP contribution is 2.29. The van der Waals surface area contributed by atoms with Gasteiger partial charge in [0, 0.05) is 30.2 Å². The summed E-state index contributed by atoms with van der Waals surface area (Å²) in [6.07, 6.45) is 3.93. The Morgan fingerprint density at radius 3 is 2.40 bits per heavy atom. The molecule has 1 aromatic carbocycles. The molecule has 0 aliphatic heterocycles. The Labute approximate surface area is 128 Å². The van der Waals surface area contributed by atoms with Gasteiger partial charge < -0.3 is 10.2 Å². The maximum Gasteiger partial charge on any atom is 0.0406 e. The molecule has 1 unspecified atom stereocenters. The van der Waals surface area contributed by atoms with Crippen molar-refractivity contribution in [1.29, 1.82) is 0 Å². The molecule has 1 aliphatic carbocycles. The molecule has 3 heteroatoms. The third-order valence-electron chi connectivity index (χ3n) is 3.99. The van der Waals surface area contributed by atoms with Crippen LogP contribution in [0.2, 0.25) is 5.02 Å². The minimum absolute atomic E-state index is 0.417. The molecule has 2 nitrogen and oxygen atoms in total. The van der Waals surface area contributed by atoms with Gasteiger partial charge in [0.25, 0.3) is 0 Å². The highest BCUT2D eigenvalue weighted by molar-refractivity contribution is 6.30. The van der Waals surface area contributed by atoms with Crippen LogP contribution in [-0.4, -0.2) is 31.1 Å². The number of rotatable bonds is 8. The first-order valence-electron chi connectivity index (χ1n) is 7.77. The number of halogens is 1. The Bertz CT molecular complexity index is 398. The molecule has 0 radical (unpaired) electrons. The van der Waals surface area contributed by atoms with Crippen LogP contribution >= 0.6 is 11.6 Å². The third kappa shape index (κ3) is 4.76. The summed E-state index contributed by atoms with van der Waals surface area (Å²) in [5, 5.41) is 4.24. The van der Waals surface area contributed by atoms with E-state index in [-0.39, 0.29) is 0 Å². The van der Waals surface area contributed by atoms with E-state index < -0.39 is 0 Å². The zero-order valence-corrected chi connectivity index (χ0v) is 13.7. The number of nitrogens with one attached hydrogen (secondary N) is 1. The van der Waals surface area contributed by atoms with Gasteiger partial charge in [-0.2, -0.15) is 0 Å². The van der Waals surface area contributed by atoms with Gasteiger partial charge in [-0.25, -0.2) is 0 Å². The zero-order chi connectivity index (χ0) is 14.5. The van der Waals surface area contributed by atoms with Gasteiger partial charge in [0.1, 0.15) is 0 Å². The van der Waals surface area contributed by atoms with Gasteiger partial charge in [-0.05, 0) is 49.9 Å². The summed E-state index contributed by atoms with van der Waals surface area (Å²) in [7, 11) is 2.04. The summed E-state index contributed by atoms with van der Waals surface area (Å²) in [5.74, 6) is 0.749. The molecule has 0 heterocycles. The Balaban J connectivity index is 1.90. The first-order valence-corrected chi connectivity index (χ1v) is 8.14. The molecule has 20 heavy (non-hydrogen) atoms. The summed E-state index contributed by atoms with van der Waals surface area (Å²) >= 11 is 5.97. The zero-order valence-electron chi connectivity index (χ0n) is 12.9. The van der Waals surface area contributed by atoms with Crippen molar-refractivity contribution in [2.45, 2.75) is 45.2 Å². The average Bonchev–Trinajstić information content (AvgIpc) is 3.24. The second-order valence-electron chi connectivity index (χ2n) is 6.30. The molecule has 112 valence electrons. The van der Waals surface area contributed by atoms with Crippen LogP contribution in [0, 0.1) is 5.92 Å². The molecule has 1 saturated carbocycles. The van der Waals surface area contributed by atoms with E-state index in [1.165, 1.54) is 31.5 Å². The minimum Gasteiger partial charge on any atom is -0.313 e. The van der Waals surface area contributed by atoms with Gasteiger partial charge in [-0.3, -0.25) is 0 Å². The molecule has 2 rings (SSSR count). The first kappa shape index (κ1) is 15.8. The van der Waals surface area contributed by atoms with Crippen molar-refractivity contribution in [3.05, 3.63) is 34.9 Å². The molecular weight excluding hydrogens is 268 g/mol. The molecule has 1 N–H and O–H groups in total. The maximum absolute atomic E-state index is 5.97. The molecule has 0 aromatic heterocycles. The van der Waals surface area contributed by atoms with Crippen molar-refractivity contribution in [3.8, 4) is 0 Å². The number of hydrogen-bond acceptors (Lipinski definition) is 2. The van der Waals surface area contributed by atoms with E-state index in [1.807, 2.05) is 19.2 Å². The second-order valence-corrected chi connectivity index (χ2v) is 6.74. The van der Waals surface area contributed by atoms with Crippen molar-refractivity contribution in [3.63, 3.8) is 0 Å². The van der Waals surface area contributed by atoms with E-state index >= 15 is 0 Å². The molecular formula is C17H27ClN2. The fourth-order valence-electron chi connectivity index (χ4n) is 2.80. The standard InChI is InChI=1S/C17H27ClN2/c1-13(2)12-20(16-8-9-16)11-10-17(19-3)14-4-6-15(18)7-5-14/h4-7,13,16-17,19H,8-12H2,1-3H3. The molecule has 1 atom stereocenters. The van der Waals surface area contributed by atoms with Crippen LogP contribution in [0.15, 0.2) is 24.3 Å². The van der Waals surface area contributed by atoms with E-state index in [9.17, 15) is 0 Å². The smallest absolute Gasteiger partial charge is 0.0406 e. The van der Waals surface area contributed by atoms with Crippen molar-refractivity contribution < 1.29 is 0 Å². The quantitative estimate of drug-likeness (QED) is 0.776. The van der Waals surface area contributed by atoms with Gasteiger partial charge in [0.05, 0.1) is 0 Å². The monoisotopic (exact) mass is 294 g/mol. The van der Waals surface area contributed by atoms with Gasteiger partial charge in [-0.15, -0.1) is 0 Å². The lowest BCUT2D eigenvalue weighted by Gasteiger charge is -2.26. The van der Waals surface area contributed by atoms with Crippen LogP contribution in [0.3, 0.4) is 0 Å². The van der Waals surface area contributed by atoms with Crippen LogP contribution < -0.4 is 5.32 Å². The van der Waals surface area contributed by atoms with Crippen molar-refractivity contribution in [1.82, 2.24) is 10.2 Å². The van der Waals surface area contributed by atoms with Crippen molar-refractivity contribution in [2.75, 3.05) is 20.1 Å². The van der Waals surface area contributed by atoms with Gasteiger partial charge >= 0.3 is 0 Å². The lowest BCUT2D eigenvalue weighted by molar-refractivity contribution is 0.223. The lowest BCUT2D eigenvalue weighted by atomic mass is 10.0. The largest absolute Gasteiger partial charge is 0.313 e. The average molecular weight is 295 g/mol. The highest BCUT2D eigenvalue weighted by Gasteiger charge is 2.29. The summed E-state index contributed by atoms with van der Waals surface area (Å²) in [6, 6.07) is 9.49. The lowest BCUT2D eigenvalue weighted by Crippen LogP contribution is -2.33. The Morgan fingerprint density at radius 1 is 1.25 bits per heavy atom. The van der Waals surface area contributed by atoms with Gasteiger partial charge in [-0.1, -0.05) is 37.6 Å². The fraction of sp³-hybridized carbons (Fsp3) is 0.647. The van der Waals surface area contributed by atoms with E-state index in [2.05, 4.69) is 36.2 Å². The van der Waals surface area contributed by atoms with Crippen LogP contribution in [0.5, 0.6) is 0 Å². The number of benzene rings is 1. The summed E-state index contributed by atoms with van der Waals surface area (Å²) in [6.45, 7) is 7.02. The van der Waals surface area contributed by atoms with E-state index in [1.54, 1.807) is 0 Å². The number of hydrogen-bond donors (Lipinski definition) is 1. The van der Waals surface area contributed by atoms with Crippen LogP contribution in [0.1, 0.15) is 44.7 Å². The molecule has 1 aliphatic rings. The Hall–Kier alpha value is -0.570. The van der Waals surface area contributed by atoms with E-state index in [0.717, 1.165) is 23.4 Å². The third-order valence-corrected chi connectivity index (χ3v) is 4.24. The molecule has 0 amide bonds. The summed E-state index contributed by atoms with van der Waals surface area (Å²) in [5.41, 5.74) is 1.33. The topological polar surface area (TPSA) is 15.3 Å². The van der Waals surface area contributed by atoms with E-state index in [4.69, 9.17) is 11.6 Å². The predicted molar refractivity (Wildman–Crippen MR) is 87.3 cm³/mol. The van der Waals surface area contributed by atoms with Crippen molar-refractivity contribution >= 4 is 11.6 Å². The van der Waals surface area contributed by atoms with Crippen LogP contribution in [0.25, 0.3) is 0 Å². The summed E-state index contributed by atoms with van der Waals surface area (Å²) < 4.78 is 0. The van der Waals surface area contributed by atoms with Crippen molar-refractivity contribution in [2.24, 2.45) is 5.92 Å². The normalized spacial score (nSPS) is 16.9. The molecule has 0 spiro atoms. The highest BCUT2D eigenvalue weighted by atomic mass is 35.5. The second kappa shape index (κ2) is 7.44. The first-order chi connectivity index (χ1) is 9.60. The van der Waals surface area contributed by atoms with Crippen LogP contribution in [-0.2, 0) is 0 Å². The fourth-order valence-corrected chi connectivity index (χ4v) is 2.93. The molecule has 1 fully saturated rings. The number of nitrogens with zero attached hydrogens (tertiary/aromatic N) is 1. The Kier molecular flexibility index (Phi) is 5.88. The van der Waals surface area contributed by atoms with Crippen LogP contribution in [0.4, 0.5) is 0 Å². The maximum atomic E-state index is 5.97. The SMILES string of the molecule is CNC(CCN(CC(C)C)C1CC1)c1ccc(Cl)cc1. The molecule has 1 aromatic rings. The van der Waals surface area contributed by atoms with Gasteiger partial charge in [0.2, 0.25) is 0 Å². The summed E-state index contributed by atoms with van der Waals surface area (Å²) in [4.78, 5) is 2.67. The van der Waals surface area contributed by atoms with E-state index in [0.29, 0.717) is 6.04 Å². The van der Waals surface area contributed by atoms with Gasteiger partial charge in [0.15, 0.2) is 0 Å². The molecule has 0 bridgehead atoms. The predicted octanol–water partition coefficient (Wildman–Crippen LogP) is 4.11. The minimum atomic E-state index is 0.417. The molecule has 0 saturated heterocycles.